The fraction of sp³-hybridized carbons (Fsp3) is 0.500. The highest BCUT2D eigenvalue weighted by Gasteiger charge is 2.33. The first kappa shape index (κ1) is 18.5. The summed E-state index contributed by atoms with van der Waals surface area (Å²) in [5.41, 5.74) is 0. The van der Waals surface area contributed by atoms with E-state index in [9.17, 15) is 26.8 Å². The lowest BCUT2D eigenvalue weighted by Crippen LogP contribution is -2.40. The van der Waals surface area contributed by atoms with Gasteiger partial charge >= 0.3 is 11.7 Å². The van der Waals surface area contributed by atoms with E-state index >= 15 is 0 Å². The van der Waals surface area contributed by atoms with Crippen molar-refractivity contribution in [3.8, 4) is 0 Å². The zero-order valence-corrected chi connectivity index (χ0v) is 13.2. The maximum absolute atomic E-state index is 12.6. The summed E-state index contributed by atoms with van der Waals surface area (Å²) in [6.45, 7) is 1.84. The lowest BCUT2D eigenvalue weighted by molar-refractivity contribution is -0.139. The van der Waals surface area contributed by atoms with E-state index < -0.39 is 43.3 Å². The third kappa shape index (κ3) is 4.23. The molecule has 0 unspecified atom stereocenters. The average Bonchev–Trinajstić information content (AvgIpc) is 2.92. The number of sulfone groups is 1. The number of carbonyl (C=O) groups excluding carboxylic acids is 1. The second kappa shape index (κ2) is 7.63. The minimum absolute atomic E-state index is 0.167. The Bertz CT molecular complexity index is 642. The SMILES string of the molecule is CCCC[C@H](NC(=O)c1sccc1S(=O)(=O)C(F)F)C(=O)O. The topological polar surface area (TPSA) is 101 Å². The Hall–Kier alpha value is -1.55. The standard InChI is InChI=1S/C12H15F2NO5S2/c1-2-3-4-7(11(17)18)15-10(16)9-8(5-6-21-9)22(19,20)12(13)14/h5-7,12H,2-4H2,1H3,(H,15,16)(H,17,18)/t7-/m0/s1. The molecule has 10 heteroatoms. The number of unbranched alkanes of at least 4 members (excludes halogenated alkanes) is 1. The van der Waals surface area contributed by atoms with Crippen LogP contribution >= 0.6 is 11.3 Å². The maximum atomic E-state index is 12.6. The molecule has 0 saturated heterocycles. The van der Waals surface area contributed by atoms with E-state index in [-0.39, 0.29) is 6.42 Å². The van der Waals surface area contributed by atoms with Gasteiger partial charge < -0.3 is 10.4 Å². The zero-order valence-electron chi connectivity index (χ0n) is 11.6. The zero-order chi connectivity index (χ0) is 16.9. The largest absolute Gasteiger partial charge is 0.480 e. The van der Waals surface area contributed by atoms with Crippen LogP contribution < -0.4 is 5.32 Å². The maximum Gasteiger partial charge on any atom is 0.341 e. The fourth-order valence-corrected chi connectivity index (χ4v) is 3.74. The van der Waals surface area contributed by atoms with Crippen LogP contribution in [0.4, 0.5) is 8.78 Å². The van der Waals surface area contributed by atoms with Crippen LogP contribution in [0.15, 0.2) is 16.3 Å². The van der Waals surface area contributed by atoms with Crippen molar-refractivity contribution >= 4 is 33.1 Å². The molecule has 0 bridgehead atoms. The number of carboxylic acids is 1. The lowest BCUT2D eigenvalue weighted by atomic mass is 10.1. The lowest BCUT2D eigenvalue weighted by Gasteiger charge is -2.14. The van der Waals surface area contributed by atoms with Gasteiger partial charge in [0, 0.05) is 0 Å². The Morgan fingerprint density at radius 3 is 2.55 bits per heavy atom. The number of halogens is 2. The van der Waals surface area contributed by atoms with Crippen LogP contribution in [-0.2, 0) is 14.6 Å². The highest BCUT2D eigenvalue weighted by molar-refractivity contribution is 7.92. The van der Waals surface area contributed by atoms with Crippen LogP contribution in [0.25, 0.3) is 0 Å². The van der Waals surface area contributed by atoms with Crippen molar-refractivity contribution in [2.45, 2.75) is 42.9 Å². The summed E-state index contributed by atoms with van der Waals surface area (Å²) in [5.74, 6) is -5.90. The van der Waals surface area contributed by atoms with E-state index in [4.69, 9.17) is 5.11 Å². The quantitative estimate of drug-likeness (QED) is 0.744. The minimum Gasteiger partial charge on any atom is -0.480 e. The Kier molecular flexibility index (Phi) is 6.42. The van der Waals surface area contributed by atoms with E-state index in [0.29, 0.717) is 24.2 Å². The van der Waals surface area contributed by atoms with Gasteiger partial charge in [-0.3, -0.25) is 4.79 Å². The number of rotatable bonds is 8. The molecule has 0 spiro atoms. The first-order chi connectivity index (χ1) is 10.2. The van der Waals surface area contributed by atoms with Crippen molar-refractivity contribution in [3.05, 3.63) is 16.3 Å². The molecule has 124 valence electrons. The molecule has 0 aliphatic rings. The summed E-state index contributed by atoms with van der Waals surface area (Å²) < 4.78 is 48.1. The molecule has 22 heavy (non-hydrogen) atoms. The van der Waals surface area contributed by atoms with E-state index in [0.717, 1.165) is 6.07 Å². The highest BCUT2D eigenvalue weighted by atomic mass is 32.2. The summed E-state index contributed by atoms with van der Waals surface area (Å²) in [7, 11) is -4.91. The van der Waals surface area contributed by atoms with Crippen LogP contribution in [0, 0.1) is 0 Å². The molecule has 1 aromatic rings. The third-order valence-electron chi connectivity index (χ3n) is 2.83. The second-order valence-electron chi connectivity index (χ2n) is 4.43. The van der Waals surface area contributed by atoms with Gasteiger partial charge in [0.2, 0.25) is 9.84 Å². The van der Waals surface area contributed by atoms with Crippen molar-refractivity contribution < 1.29 is 31.9 Å². The highest BCUT2D eigenvalue weighted by Crippen LogP contribution is 2.26. The van der Waals surface area contributed by atoms with Crippen LogP contribution in [0.2, 0.25) is 0 Å². The Labute approximate surface area is 130 Å². The number of aliphatic carboxylic acids is 1. The van der Waals surface area contributed by atoms with Crippen molar-refractivity contribution in [1.82, 2.24) is 5.32 Å². The predicted octanol–water partition coefficient (Wildman–Crippen LogP) is 2.12. The minimum atomic E-state index is -4.91. The average molecular weight is 355 g/mol. The van der Waals surface area contributed by atoms with Crippen LogP contribution in [-0.4, -0.2) is 37.2 Å². The van der Waals surface area contributed by atoms with Crippen molar-refractivity contribution in [2.75, 3.05) is 0 Å². The number of thiophene rings is 1. The molecule has 1 atom stereocenters. The molecule has 1 heterocycles. The molecule has 1 rings (SSSR count). The summed E-state index contributed by atoms with van der Waals surface area (Å²) in [4.78, 5) is 21.8. The number of carbonyl (C=O) groups is 2. The van der Waals surface area contributed by atoms with Crippen molar-refractivity contribution in [3.63, 3.8) is 0 Å². The third-order valence-corrected chi connectivity index (χ3v) is 5.29. The van der Waals surface area contributed by atoms with E-state index in [1.54, 1.807) is 0 Å². The first-order valence-corrected chi connectivity index (χ1v) is 8.77. The van der Waals surface area contributed by atoms with Gasteiger partial charge in [0.05, 0.1) is 4.90 Å². The number of carboxylic acid groups (broad SMARTS) is 1. The van der Waals surface area contributed by atoms with Gasteiger partial charge in [-0.05, 0) is 17.9 Å². The normalized spacial score (nSPS) is 13.1. The molecular formula is C12H15F2NO5S2. The van der Waals surface area contributed by atoms with Gasteiger partial charge in [-0.15, -0.1) is 11.3 Å². The predicted molar refractivity (Wildman–Crippen MR) is 75.9 cm³/mol. The molecule has 0 radical (unpaired) electrons. The molecule has 0 aliphatic heterocycles. The molecule has 0 fully saturated rings. The molecule has 1 aromatic heterocycles. The number of alkyl halides is 2. The molecule has 0 aliphatic carbocycles. The molecule has 6 nitrogen and oxygen atoms in total. The first-order valence-electron chi connectivity index (χ1n) is 6.35. The van der Waals surface area contributed by atoms with Crippen LogP contribution in [0.5, 0.6) is 0 Å². The van der Waals surface area contributed by atoms with Crippen LogP contribution in [0.3, 0.4) is 0 Å². The van der Waals surface area contributed by atoms with Gasteiger partial charge in [-0.2, -0.15) is 8.78 Å². The van der Waals surface area contributed by atoms with E-state index in [1.807, 2.05) is 6.92 Å². The van der Waals surface area contributed by atoms with Crippen molar-refractivity contribution in [1.29, 1.82) is 0 Å². The number of hydrogen-bond donors (Lipinski definition) is 2. The Morgan fingerprint density at radius 2 is 2.05 bits per heavy atom. The van der Waals surface area contributed by atoms with Gasteiger partial charge in [-0.25, -0.2) is 13.2 Å². The van der Waals surface area contributed by atoms with Gasteiger partial charge in [0.25, 0.3) is 5.91 Å². The van der Waals surface area contributed by atoms with Gasteiger partial charge in [-0.1, -0.05) is 19.8 Å². The molecule has 2 N–H and O–H groups in total. The van der Waals surface area contributed by atoms with Crippen LogP contribution in [0.1, 0.15) is 35.9 Å². The van der Waals surface area contributed by atoms with E-state index in [1.165, 1.54) is 5.38 Å². The molecule has 1 amide bonds. The number of hydrogen-bond acceptors (Lipinski definition) is 5. The smallest absolute Gasteiger partial charge is 0.341 e. The molecule has 0 aromatic carbocycles. The number of amides is 1. The summed E-state index contributed by atoms with van der Waals surface area (Å²) in [6, 6.07) is -0.292. The van der Waals surface area contributed by atoms with Gasteiger partial charge in [0.1, 0.15) is 10.9 Å². The Morgan fingerprint density at radius 1 is 1.41 bits per heavy atom. The van der Waals surface area contributed by atoms with E-state index in [2.05, 4.69) is 5.32 Å². The second-order valence-corrected chi connectivity index (χ2v) is 7.23. The Balaban J connectivity index is 3.00. The van der Waals surface area contributed by atoms with Gasteiger partial charge in [0.15, 0.2) is 0 Å². The monoisotopic (exact) mass is 355 g/mol. The number of nitrogens with one attached hydrogen (secondary N) is 1. The molecule has 0 saturated carbocycles. The molecular weight excluding hydrogens is 340 g/mol. The fourth-order valence-electron chi connectivity index (χ4n) is 1.67. The summed E-state index contributed by atoms with van der Waals surface area (Å²) >= 11 is 0.662. The van der Waals surface area contributed by atoms with Crippen molar-refractivity contribution in [2.24, 2.45) is 0 Å². The summed E-state index contributed by atoms with van der Waals surface area (Å²) in [6.07, 6.45) is 1.42. The summed E-state index contributed by atoms with van der Waals surface area (Å²) in [5, 5.41) is 12.4.